The summed E-state index contributed by atoms with van der Waals surface area (Å²) in [6, 6.07) is 10.7. The number of oxazole rings is 1. The quantitative estimate of drug-likeness (QED) is 0.682. The van der Waals surface area contributed by atoms with Gasteiger partial charge in [0.15, 0.2) is 5.58 Å². The number of nitrogens with zero attached hydrogens (tertiary/aromatic N) is 1. The minimum atomic E-state index is -4.46. The Kier molecular flexibility index (Phi) is 2.67. The van der Waals surface area contributed by atoms with Gasteiger partial charge in [-0.15, -0.1) is 0 Å². The molecule has 3 rings (SSSR count). The van der Waals surface area contributed by atoms with Crippen LogP contribution in [0, 0.1) is 0 Å². The molecule has 0 fully saturated rings. The third-order valence-electron chi connectivity index (χ3n) is 2.87. The third kappa shape index (κ3) is 2.09. The smallest absolute Gasteiger partial charge is 0.416 e. The molecule has 2 N–H and O–H groups in total. The van der Waals surface area contributed by atoms with Gasteiger partial charge in [-0.25, -0.2) is 4.98 Å². The molecule has 0 atom stereocenters. The molecule has 3 aromatic rings. The van der Waals surface area contributed by atoms with Crippen LogP contribution in [0.1, 0.15) is 5.56 Å². The first-order valence-electron chi connectivity index (χ1n) is 5.78. The van der Waals surface area contributed by atoms with E-state index in [1.54, 1.807) is 24.3 Å². The van der Waals surface area contributed by atoms with Crippen molar-refractivity contribution in [2.24, 2.45) is 0 Å². The van der Waals surface area contributed by atoms with Gasteiger partial charge in [0.2, 0.25) is 5.89 Å². The van der Waals surface area contributed by atoms with Gasteiger partial charge in [0, 0.05) is 5.56 Å². The summed E-state index contributed by atoms with van der Waals surface area (Å²) in [7, 11) is 0. The molecule has 0 bridgehead atoms. The Bertz CT molecular complexity index is 763. The minimum absolute atomic E-state index is 0.0792. The minimum Gasteiger partial charge on any atom is -0.434 e. The lowest BCUT2D eigenvalue weighted by atomic mass is 10.1. The van der Waals surface area contributed by atoms with E-state index in [9.17, 15) is 13.2 Å². The average molecular weight is 278 g/mol. The molecule has 102 valence electrons. The normalized spacial score (nSPS) is 11.9. The van der Waals surface area contributed by atoms with Gasteiger partial charge in [-0.05, 0) is 24.3 Å². The Balaban J connectivity index is 2.19. The molecule has 6 heteroatoms. The van der Waals surface area contributed by atoms with Crippen LogP contribution in [0.15, 0.2) is 46.9 Å². The van der Waals surface area contributed by atoms with E-state index >= 15 is 0 Å². The lowest BCUT2D eigenvalue weighted by molar-refractivity contribution is -0.137. The molecule has 3 nitrogen and oxygen atoms in total. The van der Waals surface area contributed by atoms with Gasteiger partial charge in [0.1, 0.15) is 5.52 Å². The van der Waals surface area contributed by atoms with Crippen LogP contribution in [0.2, 0.25) is 0 Å². The number of benzene rings is 2. The molecule has 0 amide bonds. The molecule has 0 spiro atoms. The Hall–Kier alpha value is -2.50. The van der Waals surface area contributed by atoms with Gasteiger partial charge in [0.05, 0.1) is 11.3 Å². The van der Waals surface area contributed by atoms with Gasteiger partial charge in [0.25, 0.3) is 0 Å². The molecule has 20 heavy (non-hydrogen) atoms. The average Bonchev–Trinajstić information content (AvgIpc) is 2.83. The Morgan fingerprint density at radius 2 is 1.75 bits per heavy atom. The van der Waals surface area contributed by atoms with Gasteiger partial charge < -0.3 is 10.2 Å². The van der Waals surface area contributed by atoms with Crippen LogP contribution < -0.4 is 5.73 Å². The summed E-state index contributed by atoms with van der Waals surface area (Å²) >= 11 is 0. The molecular weight excluding hydrogens is 269 g/mol. The fraction of sp³-hybridized carbons (Fsp3) is 0.0714. The Labute approximate surface area is 111 Å². The number of anilines is 1. The number of rotatable bonds is 1. The molecule has 0 saturated carbocycles. The molecule has 0 aliphatic heterocycles. The zero-order valence-corrected chi connectivity index (χ0v) is 10.1. The number of aromatic nitrogens is 1. The van der Waals surface area contributed by atoms with E-state index in [0.717, 1.165) is 12.1 Å². The second-order valence-electron chi connectivity index (χ2n) is 4.30. The number of halogens is 3. The summed E-state index contributed by atoms with van der Waals surface area (Å²) in [4.78, 5) is 4.07. The van der Waals surface area contributed by atoms with Gasteiger partial charge in [-0.1, -0.05) is 18.2 Å². The highest BCUT2D eigenvalue weighted by atomic mass is 19.4. The first-order chi connectivity index (χ1) is 9.45. The van der Waals surface area contributed by atoms with Crippen LogP contribution in [0.5, 0.6) is 0 Å². The van der Waals surface area contributed by atoms with Crippen molar-refractivity contribution in [1.29, 1.82) is 0 Å². The fourth-order valence-corrected chi connectivity index (χ4v) is 1.93. The van der Waals surface area contributed by atoms with Crippen molar-refractivity contribution in [2.45, 2.75) is 6.18 Å². The number of nitrogens with two attached hydrogens (primary N) is 1. The maximum atomic E-state index is 12.7. The second-order valence-corrected chi connectivity index (χ2v) is 4.30. The highest BCUT2D eigenvalue weighted by Crippen LogP contribution is 2.35. The Morgan fingerprint density at radius 3 is 2.40 bits per heavy atom. The topological polar surface area (TPSA) is 52.0 Å². The SMILES string of the molecule is Nc1cc(C(F)(F)F)cc2nc(-c3ccccc3)oc12. The number of hydrogen-bond acceptors (Lipinski definition) is 3. The predicted molar refractivity (Wildman–Crippen MR) is 68.9 cm³/mol. The zero-order valence-electron chi connectivity index (χ0n) is 10.1. The largest absolute Gasteiger partial charge is 0.434 e. The monoisotopic (exact) mass is 278 g/mol. The highest BCUT2D eigenvalue weighted by molar-refractivity contribution is 5.87. The fourth-order valence-electron chi connectivity index (χ4n) is 1.93. The predicted octanol–water partition coefficient (Wildman–Crippen LogP) is 4.10. The van der Waals surface area contributed by atoms with Crippen molar-refractivity contribution in [3.63, 3.8) is 0 Å². The first kappa shape index (κ1) is 12.5. The van der Waals surface area contributed by atoms with Crippen LogP contribution in [0.25, 0.3) is 22.6 Å². The van der Waals surface area contributed by atoms with E-state index in [1.165, 1.54) is 0 Å². The maximum Gasteiger partial charge on any atom is 0.416 e. The standard InChI is InChI=1S/C14H9F3N2O/c15-14(16,17)9-6-10(18)12-11(7-9)19-13(20-12)8-4-2-1-3-5-8/h1-7H,18H2. The number of nitrogen functional groups attached to an aromatic ring is 1. The number of hydrogen-bond donors (Lipinski definition) is 1. The maximum absolute atomic E-state index is 12.7. The molecule has 0 aliphatic rings. The molecule has 2 aromatic carbocycles. The lowest BCUT2D eigenvalue weighted by Crippen LogP contribution is -2.05. The molecule has 1 aromatic heterocycles. The van der Waals surface area contributed by atoms with E-state index in [4.69, 9.17) is 10.2 Å². The molecule has 0 unspecified atom stereocenters. The van der Waals surface area contributed by atoms with E-state index < -0.39 is 11.7 Å². The van der Waals surface area contributed by atoms with Crippen molar-refractivity contribution >= 4 is 16.8 Å². The van der Waals surface area contributed by atoms with Gasteiger partial charge >= 0.3 is 6.18 Å². The van der Waals surface area contributed by atoms with E-state index in [0.29, 0.717) is 5.56 Å². The lowest BCUT2D eigenvalue weighted by Gasteiger charge is -2.06. The van der Waals surface area contributed by atoms with Crippen LogP contribution in [-0.4, -0.2) is 4.98 Å². The third-order valence-corrected chi connectivity index (χ3v) is 2.87. The Morgan fingerprint density at radius 1 is 1.05 bits per heavy atom. The zero-order chi connectivity index (χ0) is 14.3. The number of alkyl halides is 3. The van der Waals surface area contributed by atoms with Crippen LogP contribution in [0.3, 0.4) is 0 Å². The first-order valence-corrected chi connectivity index (χ1v) is 5.78. The summed E-state index contributed by atoms with van der Waals surface area (Å²) in [5.41, 5.74) is 5.63. The van der Waals surface area contributed by atoms with E-state index in [-0.39, 0.29) is 22.7 Å². The van der Waals surface area contributed by atoms with Crippen LogP contribution >= 0.6 is 0 Å². The highest BCUT2D eigenvalue weighted by Gasteiger charge is 2.32. The molecule has 1 heterocycles. The number of fused-ring (bicyclic) bond motifs is 1. The summed E-state index contributed by atoms with van der Waals surface area (Å²) < 4.78 is 43.6. The summed E-state index contributed by atoms with van der Waals surface area (Å²) in [5.74, 6) is 0.242. The van der Waals surface area contributed by atoms with Crippen molar-refractivity contribution in [3.8, 4) is 11.5 Å². The summed E-state index contributed by atoms with van der Waals surface area (Å²) in [6.07, 6.45) is -4.46. The molecule has 0 saturated heterocycles. The van der Waals surface area contributed by atoms with E-state index in [1.807, 2.05) is 6.07 Å². The second kappa shape index (κ2) is 4.26. The van der Waals surface area contributed by atoms with Crippen molar-refractivity contribution in [2.75, 3.05) is 5.73 Å². The van der Waals surface area contributed by atoms with E-state index in [2.05, 4.69) is 4.98 Å². The summed E-state index contributed by atoms with van der Waals surface area (Å²) in [6.45, 7) is 0. The van der Waals surface area contributed by atoms with Crippen molar-refractivity contribution in [1.82, 2.24) is 4.98 Å². The summed E-state index contributed by atoms with van der Waals surface area (Å²) in [5, 5.41) is 0. The molecule has 0 radical (unpaired) electrons. The van der Waals surface area contributed by atoms with Crippen LogP contribution in [0.4, 0.5) is 18.9 Å². The van der Waals surface area contributed by atoms with Gasteiger partial charge in [-0.3, -0.25) is 0 Å². The molecular formula is C14H9F3N2O. The van der Waals surface area contributed by atoms with Gasteiger partial charge in [-0.2, -0.15) is 13.2 Å². The van der Waals surface area contributed by atoms with Crippen LogP contribution in [-0.2, 0) is 6.18 Å². The van der Waals surface area contributed by atoms with Crippen molar-refractivity contribution in [3.05, 3.63) is 48.0 Å². The molecule has 0 aliphatic carbocycles. The van der Waals surface area contributed by atoms with Crippen molar-refractivity contribution < 1.29 is 17.6 Å².